The van der Waals surface area contributed by atoms with Crippen molar-refractivity contribution in [2.75, 3.05) is 0 Å². The number of carboxylic acids is 1. The summed E-state index contributed by atoms with van der Waals surface area (Å²) in [5.74, 6) is 0.249. The van der Waals surface area contributed by atoms with Crippen LogP contribution in [0.4, 0.5) is 0 Å². The lowest BCUT2D eigenvalue weighted by Gasteiger charge is -2.50. The summed E-state index contributed by atoms with van der Waals surface area (Å²) >= 11 is 0. The lowest BCUT2D eigenvalue weighted by atomic mass is 9.70. The minimum atomic E-state index is -0.725. The fourth-order valence-electron chi connectivity index (χ4n) is 3.94. The molecule has 1 saturated carbocycles. The Bertz CT molecular complexity index is 451. The average molecular weight is 350 g/mol. The molecule has 142 valence electrons. The maximum absolute atomic E-state index is 10.5. The molecule has 3 rings (SSSR count). The van der Waals surface area contributed by atoms with Gasteiger partial charge in [0, 0.05) is 12.8 Å². The smallest absolute Gasteiger partial charge is 0.303 e. The third-order valence-corrected chi connectivity index (χ3v) is 5.45. The van der Waals surface area contributed by atoms with Gasteiger partial charge in [-0.3, -0.25) is 4.79 Å². The first kappa shape index (κ1) is 20.2. The Kier molecular flexibility index (Phi) is 8.70. The van der Waals surface area contributed by atoms with Crippen molar-refractivity contribution in [1.29, 1.82) is 0 Å². The van der Waals surface area contributed by atoms with Crippen molar-refractivity contribution in [2.24, 2.45) is 11.8 Å². The van der Waals surface area contributed by atoms with Gasteiger partial charge < -0.3 is 14.9 Å². The van der Waals surface area contributed by atoms with Gasteiger partial charge in [-0.15, -0.1) is 0 Å². The first-order valence-electron chi connectivity index (χ1n) is 9.98. The molecule has 25 heavy (non-hydrogen) atoms. The van der Waals surface area contributed by atoms with Crippen molar-refractivity contribution in [2.45, 2.75) is 89.4 Å². The predicted molar refractivity (Wildman–Crippen MR) is 99.4 cm³/mol. The Hall–Kier alpha value is -1.13. The van der Waals surface area contributed by atoms with Crippen LogP contribution in [0.5, 0.6) is 0 Å². The highest BCUT2D eigenvalue weighted by atomic mass is 16.5. The first-order valence-corrected chi connectivity index (χ1v) is 9.98. The summed E-state index contributed by atoms with van der Waals surface area (Å²) in [7, 11) is 0. The van der Waals surface area contributed by atoms with Crippen molar-refractivity contribution in [1.82, 2.24) is 0 Å². The lowest BCUT2D eigenvalue weighted by Crippen LogP contribution is -2.51. The topological polar surface area (TPSA) is 66.8 Å². The van der Waals surface area contributed by atoms with Gasteiger partial charge in [-0.2, -0.15) is 0 Å². The largest absolute Gasteiger partial charge is 0.481 e. The van der Waals surface area contributed by atoms with Crippen LogP contribution in [0.1, 0.15) is 71.1 Å². The number of hydrogen-bond acceptors (Lipinski definition) is 3. The SMILES string of the molecule is CCCCC[C@H](O)C=CC1C[C@H]2C[C@H](O2)[C@@H]1CC=CCCCC(=O)O. The molecular formula is C21H34O4. The molecule has 1 aliphatic carbocycles. The molecule has 0 aromatic rings. The zero-order valence-corrected chi connectivity index (χ0v) is 15.5. The summed E-state index contributed by atoms with van der Waals surface area (Å²) in [5.41, 5.74) is 0. The van der Waals surface area contributed by atoms with E-state index in [0.29, 0.717) is 30.5 Å². The van der Waals surface area contributed by atoms with E-state index in [9.17, 15) is 9.90 Å². The molecule has 2 heterocycles. The van der Waals surface area contributed by atoms with Crippen LogP contribution in [-0.4, -0.2) is 34.5 Å². The molecule has 0 radical (unpaired) electrons. The molecule has 2 saturated heterocycles. The summed E-state index contributed by atoms with van der Waals surface area (Å²) in [6.07, 6.45) is 18.2. The Labute approximate surface area is 152 Å². The zero-order valence-electron chi connectivity index (χ0n) is 15.5. The van der Waals surface area contributed by atoms with E-state index in [1.807, 2.05) is 6.08 Å². The maximum Gasteiger partial charge on any atom is 0.303 e. The van der Waals surface area contributed by atoms with Crippen LogP contribution in [-0.2, 0) is 9.53 Å². The van der Waals surface area contributed by atoms with Gasteiger partial charge in [0.2, 0.25) is 0 Å². The number of fused-ring (bicyclic) bond motifs is 2. The quantitative estimate of drug-likeness (QED) is 0.402. The van der Waals surface area contributed by atoms with Gasteiger partial charge in [-0.25, -0.2) is 0 Å². The van der Waals surface area contributed by atoms with Gasteiger partial charge in [0.15, 0.2) is 0 Å². The molecule has 0 amide bonds. The number of allylic oxidation sites excluding steroid dienone is 3. The third-order valence-electron chi connectivity index (χ3n) is 5.45. The monoisotopic (exact) mass is 350 g/mol. The molecule has 3 aliphatic rings. The standard InChI is InChI=1S/C21H34O4/c1-2-3-6-9-17(22)13-12-16-14-18-15-20(25-18)19(16)10-7-4-5-8-11-21(23)24/h4,7,12-13,16-20,22H,2-3,5-6,8-11,14-15H2,1H3,(H,23,24)/t16?,17-,18-,19+,20-/m0/s1. The van der Waals surface area contributed by atoms with Crippen LogP contribution >= 0.6 is 0 Å². The summed E-state index contributed by atoms with van der Waals surface area (Å²) in [6, 6.07) is 0. The molecule has 5 atom stereocenters. The van der Waals surface area contributed by atoms with E-state index in [1.54, 1.807) is 0 Å². The predicted octanol–water partition coefficient (Wildman–Crippen LogP) is 4.48. The van der Waals surface area contributed by atoms with E-state index in [4.69, 9.17) is 9.84 Å². The van der Waals surface area contributed by atoms with E-state index in [2.05, 4.69) is 25.2 Å². The summed E-state index contributed by atoms with van der Waals surface area (Å²) in [4.78, 5) is 10.5. The second-order valence-electron chi connectivity index (χ2n) is 7.54. The Balaban J connectivity index is 1.76. The van der Waals surface area contributed by atoms with Crippen molar-refractivity contribution >= 4 is 5.97 Å². The molecule has 4 nitrogen and oxygen atoms in total. The van der Waals surface area contributed by atoms with Crippen molar-refractivity contribution < 1.29 is 19.7 Å². The summed E-state index contributed by atoms with van der Waals surface area (Å²) in [6.45, 7) is 2.18. The van der Waals surface area contributed by atoms with Crippen LogP contribution in [0.3, 0.4) is 0 Å². The number of unbranched alkanes of at least 4 members (excludes halogenated alkanes) is 3. The van der Waals surface area contributed by atoms with Gasteiger partial charge in [0.25, 0.3) is 0 Å². The number of aliphatic hydroxyl groups is 1. The van der Waals surface area contributed by atoms with E-state index >= 15 is 0 Å². The van der Waals surface area contributed by atoms with Crippen LogP contribution < -0.4 is 0 Å². The maximum atomic E-state index is 10.5. The molecule has 2 bridgehead atoms. The highest BCUT2D eigenvalue weighted by Gasteiger charge is 2.45. The Morgan fingerprint density at radius 1 is 1.24 bits per heavy atom. The van der Waals surface area contributed by atoms with E-state index in [-0.39, 0.29) is 12.5 Å². The molecule has 2 N–H and O–H groups in total. The number of hydrogen-bond donors (Lipinski definition) is 2. The highest BCUT2D eigenvalue weighted by molar-refractivity contribution is 5.66. The van der Waals surface area contributed by atoms with E-state index in [1.165, 1.54) is 19.3 Å². The summed E-state index contributed by atoms with van der Waals surface area (Å²) in [5, 5.41) is 18.8. The molecule has 0 aromatic carbocycles. The molecule has 0 spiro atoms. The molecular weight excluding hydrogens is 316 g/mol. The minimum Gasteiger partial charge on any atom is -0.481 e. The minimum absolute atomic E-state index is 0.239. The second-order valence-corrected chi connectivity index (χ2v) is 7.54. The van der Waals surface area contributed by atoms with E-state index in [0.717, 1.165) is 32.1 Å². The normalized spacial score (nSPS) is 29.8. The van der Waals surface area contributed by atoms with Crippen LogP contribution in [0.2, 0.25) is 0 Å². The fourth-order valence-corrected chi connectivity index (χ4v) is 3.94. The van der Waals surface area contributed by atoms with Gasteiger partial charge in [0.1, 0.15) is 0 Å². The van der Waals surface area contributed by atoms with Crippen molar-refractivity contribution in [3.8, 4) is 0 Å². The highest BCUT2D eigenvalue weighted by Crippen LogP contribution is 2.45. The summed E-state index contributed by atoms with van der Waals surface area (Å²) < 4.78 is 5.91. The molecule has 4 heteroatoms. The number of ether oxygens (including phenoxy) is 1. The van der Waals surface area contributed by atoms with Gasteiger partial charge in [-0.1, -0.05) is 50.5 Å². The molecule has 1 unspecified atom stereocenters. The van der Waals surface area contributed by atoms with Crippen molar-refractivity contribution in [3.05, 3.63) is 24.3 Å². The third kappa shape index (κ3) is 6.95. The number of aliphatic carboxylic acids is 1. The van der Waals surface area contributed by atoms with Crippen LogP contribution in [0.15, 0.2) is 24.3 Å². The molecule has 0 aromatic heterocycles. The number of carboxylic acid groups (broad SMARTS) is 1. The molecule has 3 fully saturated rings. The first-order chi connectivity index (χ1) is 12.1. The van der Waals surface area contributed by atoms with E-state index < -0.39 is 5.97 Å². The zero-order chi connectivity index (χ0) is 18.1. The van der Waals surface area contributed by atoms with Gasteiger partial charge in [-0.05, 0) is 43.9 Å². The second kappa shape index (κ2) is 10.8. The Morgan fingerprint density at radius 3 is 2.76 bits per heavy atom. The fraction of sp³-hybridized carbons (Fsp3) is 0.762. The number of aliphatic hydroxyl groups excluding tert-OH is 1. The van der Waals surface area contributed by atoms with Crippen LogP contribution in [0.25, 0.3) is 0 Å². The molecule has 2 aliphatic heterocycles. The van der Waals surface area contributed by atoms with Crippen molar-refractivity contribution in [3.63, 3.8) is 0 Å². The number of carbonyl (C=O) groups is 1. The number of rotatable bonds is 12. The van der Waals surface area contributed by atoms with Gasteiger partial charge >= 0.3 is 5.97 Å². The Morgan fingerprint density at radius 2 is 2.04 bits per heavy atom. The van der Waals surface area contributed by atoms with Crippen LogP contribution in [0, 0.1) is 11.8 Å². The van der Waals surface area contributed by atoms with Gasteiger partial charge in [0.05, 0.1) is 18.3 Å². The average Bonchev–Trinajstić information content (AvgIpc) is 2.55. The lowest BCUT2D eigenvalue weighted by molar-refractivity contribution is -0.198.